The number of nitrogens with one attached hydrogen (secondary N) is 1. The molecular formula is C19H34IN5O3. The highest BCUT2D eigenvalue weighted by Crippen LogP contribution is 2.20. The lowest BCUT2D eigenvalue weighted by atomic mass is 9.95. The maximum absolute atomic E-state index is 12.7. The second-order valence-corrected chi connectivity index (χ2v) is 7.44. The van der Waals surface area contributed by atoms with E-state index in [0.29, 0.717) is 38.8 Å². The third-order valence-electron chi connectivity index (χ3n) is 4.88. The maximum Gasteiger partial charge on any atom is 0.243 e. The number of piperidine rings is 1. The zero-order valence-corrected chi connectivity index (χ0v) is 19.6. The van der Waals surface area contributed by atoms with Crippen LogP contribution in [0.1, 0.15) is 19.8 Å². The Bertz CT molecular complexity index is 568. The number of aliphatic imine (C=N–C) groups is 1. The molecule has 2 fully saturated rings. The van der Waals surface area contributed by atoms with Crippen molar-refractivity contribution >= 4 is 41.8 Å². The summed E-state index contributed by atoms with van der Waals surface area (Å²) < 4.78 is 5.33. The number of hydrogen-bond donors (Lipinski definition) is 1. The van der Waals surface area contributed by atoms with Crippen molar-refractivity contribution in [2.24, 2.45) is 10.9 Å². The normalized spacial score (nSPS) is 18.3. The van der Waals surface area contributed by atoms with Crippen LogP contribution in [0.2, 0.25) is 0 Å². The number of guanidine groups is 1. The minimum atomic E-state index is -0.0398. The number of carbonyl (C=O) groups is 2. The van der Waals surface area contributed by atoms with E-state index in [-0.39, 0.29) is 48.3 Å². The number of amides is 2. The smallest absolute Gasteiger partial charge is 0.243 e. The molecule has 0 aromatic heterocycles. The zero-order valence-electron chi connectivity index (χ0n) is 17.3. The van der Waals surface area contributed by atoms with E-state index in [2.05, 4.69) is 21.8 Å². The van der Waals surface area contributed by atoms with Gasteiger partial charge in [-0.2, -0.15) is 0 Å². The Morgan fingerprint density at radius 3 is 2.29 bits per heavy atom. The lowest BCUT2D eigenvalue weighted by molar-refractivity contribution is -0.140. The number of hydrogen-bond acceptors (Lipinski definition) is 4. The number of likely N-dealkylation sites (N-methyl/N-ethyl adjacent to an activating group) is 1. The molecule has 0 saturated carbocycles. The number of rotatable bonds is 5. The molecule has 2 saturated heterocycles. The van der Waals surface area contributed by atoms with Gasteiger partial charge in [0.25, 0.3) is 0 Å². The van der Waals surface area contributed by atoms with Crippen molar-refractivity contribution in [1.29, 1.82) is 0 Å². The Morgan fingerprint density at radius 1 is 1.14 bits per heavy atom. The summed E-state index contributed by atoms with van der Waals surface area (Å²) in [6.45, 7) is 10.7. The van der Waals surface area contributed by atoms with Gasteiger partial charge in [-0.05, 0) is 19.8 Å². The zero-order chi connectivity index (χ0) is 19.8. The van der Waals surface area contributed by atoms with Crippen molar-refractivity contribution in [3.05, 3.63) is 12.2 Å². The lowest BCUT2D eigenvalue weighted by Gasteiger charge is -2.36. The maximum atomic E-state index is 12.7. The van der Waals surface area contributed by atoms with E-state index in [9.17, 15) is 9.59 Å². The third-order valence-corrected chi connectivity index (χ3v) is 4.88. The van der Waals surface area contributed by atoms with E-state index >= 15 is 0 Å². The Hall–Kier alpha value is -1.36. The predicted molar refractivity (Wildman–Crippen MR) is 121 cm³/mol. The molecule has 0 atom stereocenters. The molecule has 9 heteroatoms. The number of nitrogens with zero attached hydrogens (tertiary/aromatic N) is 4. The second kappa shape index (κ2) is 12.3. The largest absolute Gasteiger partial charge is 0.378 e. The number of likely N-dealkylation sites (tertiary alicyclic amines) is 1. The van der Waals surface area contributed by atoms with Gasteiger partial charge in [-0.3, -0.25) is 9.59 Å². The molecule has 0 unspecified atom stereocenters. The van der Waals surface area contributed by atoms with Gasteiger partial charge in [0.2, 0.25) is 11.8 Å². The van der Waals surface area contributed by atoms with Gasteiger partial charge in [-0.25, -0.2) is 4.99 Å². The molecule has 2 heterocycles. The van der Waals surface area contributed by atoms with E-state index in [1.165, 1.54) is 4.90 Å². The minimum Gasteiger partial charge on any atom is -0.378 e. The molecule has 0 aliphatic carbocycles. The average Bonchev–Trinajstić information content (AvgIpc) is 2.68. The molecule has 2 rings (SSSR count). The van der Waals surface area contributed by atoms with E-state index < -0.39 is 0 Å². The standard InChI is InChI=1S/C19H33N5O3.HI/c1-15(2)13-20-19(21-14-17(25)22(3)4)24-7-5-16(6-8-24)18(26)23-9-11-27-12-10-23;/h16H,1,5-14H2,2-4H3,(H,20,21);1H. The van der Waals surface area contributed by atoms with Gasteiger partial charge in [-0.1, -0.05) is 12.2 Å². The van der Waals surface area contributed by atoms with Crippen LogP contribution in [0.3, 0.4) is 0 Å². The highest BCUT2D eigenvalue weighted by atomic mass is 127. The van der Waals surface area contributed by atoms with Crippen molar-refractivity contribution in [3.63, 3.8) is 0 Å². The van der Waals surface area contributed by atoms with Crippen LogP contribution in [0.25, 0.3) is 0 Å². The summed E-state index contributed by atoms with van der Waals surface area (Å²) in [5.41, 5.74) is 0.999. The van der Waals surface area contributed by atoms with Gasteiger partial charge in [-0.15, -0.1) is 24.0 Å². The van der Waals surface area contributed by atoms with Crippen molar-refractivity contribution in [3.8, 4) is 0 Å². The summed E-state index contributed by atoms with van der Waals surface area (Å²) in [4.78, 5) is 34.6. The fraction of sp³-hybridized carbons (Fsp3) is 0.737. The van der Waals surface area contributed by atoms with Crippen molar-refractivity contribution in [2.75, 3.05) is 66.6 Å². The summed E-state index contributed by atoms with van der Waals surface area (Å²) in [6, 6.07) is 0. The Morgan fingerprint density at radius 2 is 1.75 bits per heavy atom. The first-order valence-corrected chi connectivity index (χ1v) is 9.62. The number of morpholine rings is 1. The van der Waals surface area contributed by atoms with E-state index in [4.69, 9.17) is 4.74 Å². The number of carbonyl (C=O) groups excluding carboxylic acids is 2. The summed E-state index contributed by atoms with van der Waals surface area (Å²) in [5.74, 6) is 0.978. The SMILES string of the molecule is C=C(C)CNC(=NCC(=O)N(C)C)N1CCC(C(=O)N2CCOCC2)CC1.I. The van der Waals surface area contributed by atoms with Gasteiger partial charge in [0, 0.05) is 52.7 Å². The van der Waals surface area contributed by atoms with Gasteiger partial charge in [0.1, 0.15) is 6.54 Å². The topological polar surface area (TPSA) is 77.5 Å². The van der Waals surface area contributed by atoms with Crippen molar-refractivity contribution in [1.82, 2.24) is 20.0 Å². The Labute approximate surface area is 185 Å². The van der Waals surface area contributed by atoms with E-state index in [1.54, 1.807) is 14.1 Å². The molecule has 28 heavy (non-hydrogen) atoms. The number of halogens is 1. The van der Waals surface area contributed by atoms with Gasteiger partial charge < -0.3 is 24.8 Å². The lowest BCUT2D eigenvalue weighted by Crippen LogP contribution is -2.50. The van der Waals surface area contributed by atoms with Crippen LogP contribution < -0.4 is 5.32 Å². The first-order valence-electron chi connectivity index (χ1n) is 9.62. The molecule has 2 aliphatic rings. The minimum absolute atomic E-state index is 0. The highest BCUT2D eigenvalue weighted by molar-refractivity contribution is 14.0. The summed E-state index contributed by atoms with van der Waals surface area (Å²) in [7, 11) is 3.45. The fourth-order valence-electron chi connectivity index (χ4n) is 3.16. The van der Waals surface area contributed by atoms with E-state index in [0.717, 1.165) is 31.5 Å². The molecule has 0 aromatic rings. The molecule has 2 amide bonds. The first kappa shape index (κ1) is 24.7. The third kappa shape index (κ3) is 7.57. The molecule has 2 aliphatic heterocycles. The van der Waals surface area contributed by atoms with Crippen molar-refractivity contribution < 1.29 is 14.3 Å². The summed E-state index contributed by atoms with van der Waals surface area (Å²) in [6.07, 6.45) is 1.59. The van der Waals surface area contributed by atoms with Crippen LogP contribution in [-0.4, -0.2) is 99.1 Å². The summed E-state index contributed by atoms with van der Waals surface area (Å²) in [5, 5.41) is 3.28. The molecule has 0 bridgehead atoms. The van der Waals surface area contributed by atoms with Crippen LogP contribution in [0.15, 0.2) is 17.1 Å². The van der Waals surface area contributed by atoms with Gasteiger partial charge in [0.15, 0.2) is 5.96 Å². The predicted octanol–water partition coefficient (Wildman–Crippen LogP) is 0.785. The highest BCUT2D eigenvalue weighted by Gasteiger charge is 2.30. The van der Waals surface area contributed by atoms with Crippen LogP contribution >= 0.6 is 24.0 Å². The van der Waals surface area contributed by atoms with Crippen LogP contribution in [0.5, 0.6) is 0 Å². The number of ether oxygens (including phenoxy) is 1. The molecule has 0 aromatic carbocycles. The average molecular weight is 507 g/mol. The van der Waals surface area contributed by atoms with Crippen molar-refractivity contribution in [2.45, 2.75) is 19.8 Å². The summed E-state index contributed by atoms with van der Waals surface area (Å²) >= 11 is 0. The monoisotopic (exact) mass is 507 g/mol. The Balaban J connectivity index is 0.00000392. The second-order valence-electron chi connectivity index (χ2n) is 7.44. The van der Waals surface area contributed by atoms with Crippen LogP contribution in [-0.2, 0) is 14.3 Å². The molecule has 160 valence electrons. The fourth-order valence-corrected chi connectivity index (χ4v) is 3.16. The quantitative estimate of drug-likeness (QED) is 0.258. The molecule has 8 nitrogen and oxygen atoms in total. The molecule has 1 N–H and O–H groups in total. The first-order chi connectivity index (χ1) is 12.9. The van der Waals surface area contributed by atoms with Gasteiger partial charge >= 0.3 is 0 Å². The van der Waals surface area contributed by atoms with Gasteiger partial charge in [0.05, 0.1) is 13.2 Å². The van der Waals surface area contributed by atoms with Crippen LogP contribution in [0, 0.1) is 5.92 Å². The molecular weight excluding hydrogens is 473 g/mol. The molecule has 0 spiro atoms. The van der Waals surface area contributed by atoms with Crippen LogP contribution in [0.4, 0.5) is 0 Å². The molecule has 0 radical (unpaired) electrons. The Kier molecular flexibility index (Phi) is 10.8. The van der Waals surface area contributed by atoms with E-state index in [1.807, 2.05) is 11.8 Å².